The first-order valence-corrected chi connectivity index (χ1v) is 10.9. The van der Waals surface area contributed by atoms with E-state index >= 15 is 0 Å². The minimum atomic E-state index is -0.434. The Bertz CT molecular complexity index is 1130. The molecule has 1 fully saturated rings. The normalized spacial score (nSPS) is 13.3. The fraction of sp³-hybridized carbons (Fsp3) is 0.292. The Morgan fingerprint density at radius 3 is 2.24 bits per heavy atom. The molecular formula is C24H27N7O2. The summed E-state index contributed by atoms with van der Waals surface area (Å²) in [5.41, 5.74) is 10.2. The number of nitrogens with zero attached hydrogens (tertiary/aromatic N) is 4. The minimum absolute atomic E-state index is 0.000526. The van der Waals surface area contributed by atoms with Crippen LogP contribution in [0.15, 0.2) is 48.5 Å². The summed E-state index contributed by atoms with van der Waals surface area (Å²) in [6.45, 7) is 3.23. The van der Waals surface area contributed by atoms with E-state index in [4.69, 9.17) is 5.73 Å². The van der Waals surface area contributed by atoms with Crippen molar-refractivity contribution in [2.45, 2.75) is 39.4 Å². The van der Waals surface area contributed by atoms with Crippen LogP contribution in [0, 0.1) is 6.92 Å². The second-order valence-corrected chi connectivity index (χ2v) is 8.06. The van der Waals surface area contributed by atoms with Gasteiger partial charge in [0.1, 0.15) is 12.4 Å². The molecule has 9 heteroatoms. The Morgan fingerprint density at radius 1 is 0.909 bits per heavy atom. The second-order valence-electron chi connectivity index (χ2n) is 8.06. The van der Waals surface area contributed by atoms with Crippen LogP contribution in [-0.2, 0) is 37.3 Å². The molecule has 2 heterocycles. The number of benzene rings is 2. The van der Waals surface area contributed by atoms with Crippen molar-refractivity contribution < 1.29 is 9.59 Å². The molecule has 0 saturated carbocycles. The fourth-order valence-corrected chi connectivity index (χ4v) is 3.50. The number of carbonyl (C=O) groups is 2. The molecule has 4 N–H and O–H groups in total. The van der Waals surface area contributed by atoms with Gasteiger partial charge in [-0.2, -0.15) is 9.97 Å². The van der Waals surface area contributed by atoms with E-state index in [0.29, 0.717) is 37.1 Å². The van der Waals surface area contributed by atoms with Crippen LogP contribution in [0.3, 0.4) is 0 Å². The highest BCUT2D eigenvalue weighted by atomic mass is 16.2. The van der Waals surface area contributed by atoms with Crippen LogP contribution < -0.4 is 16.4 Å². The van der Waals surface area contributed by atoms with Crippen molar-refractivity contribution in [1.29, 1.82) is 0 Å². The number of aromatic nitrogens is 3. The van der Waals surface area contributed by atoms with E-state index in [0.717, 1.165) is 17.5 Å². The number of amides is 3. The maximum absolute atomic E-state index is 12.0. The highest BCUT2D eigenvalue weighted by molar-refractivity contribution is 6.01. The second kappa shape index (κ2) is 10.2. The van der Waals surface area contributed by atoms with Gasteiger partial charge in [-0.15, -0.1) is 0 Å². The van der Waals surface area contributed by atoms with Crippen molar-refractivity contribution in [3.05, 3.63) is 82.4 Å². The Morgan fingerprint density at radius 2 is 1.58 bits per heavy atom. The van der Waals surface area contributed by atoms with Crippen LogP contribution >= 0.6 is 0 Å². The molecule has 4 rings (SSSR count). The lowest BCUT2D eigenvalue weighted by atomic mass is 10.1. The van der Waals surface area contributed by atoms with Crippen LogP contribution in [0.25, 0.3) is 0 Å². The summed E-state index contributed by atoms with van der Waals surface area (Å²) in [4.78, 5) is 38.5. The van der Waals surface area contributed by atoms with E-state index in [1.54, 1.807) is 0 Å². The van der Waals surface area contributed by atoms with Gasteiger partial charge in [-0.3, -0.25) is 10.1 Å². The van der Waals surface area contributed by atoms with Crippen LogP contribution in [0.5, 0.6) is 0 Å². The number of aryl methyl sites for hydroxylation is 3. The lowest BCUT2D eigenvalue weighted by molar-refractivity contribution is -0.118. The molecule has 2 aromatic carbocycles. The quantitative estimate of drug-likeness (QED) is 0.431. The Labute approximate surface area is 192 Å². The minimum Gasteiger partial charge on any atom is -0.350 e. The predicted octanol–water partition coefficient (Wildman–Crippen LogP) is 2.09. The molecule has 170 valence electrons. The van der Waals surface area contributed by atoms with Gasteiger partial charge in [-0.1, -0.05) is 54.1 Å². The summed E-state index contributed by atoms with van der Waals surface area (Å²) in [6, 6.07) is 15.9. The van der Waals surface area contributed by atoms with Crippen LogP contribution in [0.1, 0.15) is 33.9 Å². The first kappa shape index (κ1) is 22.3. The molecule has 1 aromatic heterocycles. The van der Waals surface area contributed by atoms with E-state index in [-0.39, 0.29) is 19.0 Å². The predicted molar refractivity (Wildman–Crippen MR) is 124 cm³/mol. The summed E-state index contributed by atoms with van der Waals surface area (Å²) in [6.07, 6.45) is 1.41. The van der Waals surface area contributed by atoms with Gasteiger partial charge in [-0.25, -0.2) is 9.78 Å². The molecule has 1 saturated heterocycles. The molecule has 0 atom stereocenters. The zero-order chi connectivity index (χ0) is 23.2. The van der Waals surface area contributed by atoms with E-state index in [2.05, 4.69) is 56.8 Å². The third-order valence-electron chi connectivity index (χ3n) is 5.40. The van der Waals surface area contributed by atoms with Gasteiger partial charge >= 0.3 is 6.03 Å². The Hall–Kier alpha value is -3.85. The molecule has 0 unspecified atom stereocenters. The third-order valence-corrected chi connectivity index (χ3v) is 5.40. The van der Waals surface area contributed by atoms with Gasteiger partial charge in [0.15, 0.2) is 5.82 Å². The zero-order valence-electron chi connectivity index (χ0n) is 18.5. The highest BCUT2D eigenvalue weighted by Gasteiger charge is 2.27. The van der Waals surface area contributed by atoms with Crippen molar-refractivity contribution in [2.75, 3.05) is 11.9 Å². The molecular weight excluding hydrogens is 418 g/mol. The van der Waals surface area contributed by atoms with E-state index in [9.17, 15) is 9.59 Å². The largest absolute Gasteiger partial charge is 0.350 e. The number of imide groups is 1. The summed E-state index contributed by atoms with van der Waals surface area (Å²) < 4.78 is 0. The van der Waals surface area contributed by atoms with Crippen molar-refractivity contribution in [3.63, 3.8) is 0 Å². The molecule has 1 aliphatic heterocycles. The van der Waals surface area contributed by atoms with Crippen LogP contribution in [0.4, 0.5) is 10.7 Å². The van der Waals surface area contributed by atoms with Gasteiger partial charge < -0.3 is 16.0 Å². The monoisotopic (exact) mass is 445 g/mol. The number of rotatable bonds is 9. The van der Waals surface area contributed by atoms with E-state index in [1.807, 2.05) is 24.3 Å². The van der Waals surface area contributed by atoms with Gasteiger partial charge in [-0.05, 0) is 30.0 Å². The first-order chi connectivity index (χ1) is 16.0. The van der Waals surface area contributed by atoms with Crippen molar-refractivity contribution in [2.24, 2.45) is 5.73 Å². The smallest absolute Gasteiger partial charge is 0.324 e. The number of hydrogen-bond donors (Lipinski definition) is 3. The molecule has 1 aliphatic rings. The number of anilines is 1. The molecule has 0 bridgehead atoms. The molecule has 33 heavy (non-hydrogen) atoms. The zero-order valence-corrected chi connectivity index (χ0v) is 18.5. The lowest BCUT2D eigenvalue weighted by Gasteiger charge is -2.14. The fourth-order valence-electron chi connectivity index (χ4n) is 3.50. The average Bonchev–Trinajstić information content (AvgIpc) is 3.14. The average molecular weight is 446 g/mol. The highest BCUT2D eigenvalue weighted by Crippen LogP contribution is 2.12. The Balaban J connectivity index is 1.50. The number of nitrogens with one attached hydrogen (secondary N) is 2. The number of urea groups is 1. The summed E-state index contributed by atoms with van der Waals surface area (Å²) >= 11 is 0. The summed E-state index contributed by atoms with van der Waals surface area (Å²) in [5, 5.41) is 5.53. The third kappa shape index (κ3) is 6.11. The molecule has 3 aromatic rings. The topological polar surface area (TPSA) is 126 Å². The first-order valence-electron chi connectivity index (χ1n) is 10.9. The van der Waals surface area contributed by atoms with Crippen molar-refractivity contribution in [1.82, 2.24) is 25.2 Å². The van der Waals surface area contributed by atoms with Gasteiger partial charge in [0, 0.05) is 19.5 Å². The van der Waals surface area contributed by atoms with Gasteiger partial charge in [0.25, 0.3) is 0 Å². The molecule has 0 aliphatic carbocycles. The van der Waals surface area contributed by atoms with Crippen LogP contribution in [-0.4, -0.2) is 38.3 Å². The maximum atomic E-state index is 12.0. The lowest BCUT2D eigenvalue weighted by Crippen LogP contribution is -2.29. The maximum Gasteiger partial charge on any atom is 0.324 e. The molecule has 0 spiro atoms. The molecule has 0 radical (unpaired) electrons. The number of hydrogen-bond acceptors (Lipinski definition) is 7. The van der Waals surface area contributed by atoms with Gasteiger partial charge in [0.05, 0.1) is 6.54 Å². The number of nitrogens with two attached hydrogens (primary N) is 1. The van der Waals surface area contributed by atoms with Crippen molar-refractivity contribution >= 4 is 17.9 Å². The van der Waals surface area contributed by atoms with Gasteiger partial charge in [0.2, 0.25) is 11.9 Å². The van der Waals surface area contributed by atoms with E-state index in [1.165, 1.54) is 16.0 Å². The Kier molecular flexibility index (Phi) is 6.89. The summed E-state index contributed by atoms with van der Waals surface area (Å²) in [5.74, 6) is 1.18. The van der Waals surface area contributed by atoms with Crippen LogP contribution in [0.2, 0.25) is 0 Å². The molecule has 3 amide bonds. The number of carbonyl (C=O) groups excluding carboxylic acids is 2. The van der Waals surface area contributed by atoms with Crippen molar-refractivity contribution in [3.8, 4) is 0 Å². The SMILES string of the molecule is Cc1ccc(CCc2nc(CN3CC(=O)NC3=O)nc(NCc3ccc(CN)cc3)n2)cc1. The standard InChI is InChI=1S/C24H27N7O2/c1-16-2-4-17(5-3-16)10-11-20-27-21(14-31-15-22(32)30-24(31)33)29-23(28-20)26-13-19-8-6-18(12-25)7-9-19/h2-9H,10-15,25H2,1H3,(H,30,32,33)(H,26,27,28,29). The summed E-state index contributed by atoms with van der Waals surface area (Å²) in [7, 11) is 0. The molecule has 9 nitrogen and oxygen atoms in total. The van der Waals surface area contributed by atoms with E-state index < -0.39 is 6.03 Å².